The third kappa shape index (κ3) is 5.98. The predicted molar refractivity (Wildman–Crippen MR) is 162 cm³/mol. The highest BCUT2D eigenvalue weighted by molar-refractivity contribution is 7.92. The number of benzene rings is 3. The van der Waals surface area contributed by atoms with Gasteiger partial charge in [0.05, 0.1) is 11.3 Å². The molecule has 0 atom stereocenters. The van der Waals surface area contributed by atoms with E-state index in [0.717, 1.165) is 62.3 Å². The second kappa shape index (κ2) is 11.2. The van der Waals surface area contributed by atoms with Crippen LogP contribution in [0.25, 0.3) is 10.9 Å². The van der Waals surface area contributed by atoms with Gasteiger partial charge in [-0.2, -0.15) is 0 Å². The molecule has 6 rings (SSSR count). The van der Waals surface area contributed by atoms with Crippen molar-refractivity contribution in [1.82, 2.24) is 14.9 Å². The average molecular weight is 556 g/mol. The minimum absolute atomic E-state index is 0.0744. The third-order valence-corrected chi connectivity index (χ3v) is 9.81. The maximum absolute atomic E-state index is 11.8. The minimum atomic E-state index is -3.25. The van der Waals surface area contributed by atoms with Crippen LogP contribution in [0.5, 0.6) is 0 Å². The van der Waals surface area contributed by atoms with Gasteiger partial charge in [0.15, 0.2) is 0 Å². The van der Waals surface area contributed by atoms with E-state index in [1.165, 1.54) is 29.5 Å². The highest BCUT2D eigenvalue weighted by atomic mass is 32.2. The molecule has 0 saturated carbocycles. The molecule has 208 valence electrons. The number of nitrogens with one attached hydrogen (secondary N) is 1. The number of hydrogen-bond donors (Lipinski definition) is 1. The minimum Gasteiger partial charge on any atom is -0.355 e. The fourth-order valence-electron chi connectivity index (χ4n) is 6.03. The van der Waals surface area contributed by atoms with Crippen molar-refractivity contribution in [2.45, 2.75) is 39.2 Å². The molecule has 2 aliphatic rings. The van der Waals surface area contributed by atoms with Gasteiger partial charge in [-0.15, -0.1) is 0 Å². The molecular weight excluding hydrogens is 518 g/mol. The van der Waals surface area contributed by atoms with Gasteiger partial charge in [-0.25, -0.2) is 18.4 Å². The summed E-state index contributed by atoms with van der Waals surface area (Å²) in [7, 11) is -3.25. The lowest BCUT2D eigenvalue weighted by molar-refractivity contribution is 0.0721. The molecule has 0 bridgehead atoms. The van der Waals surface area contributed by atoms with Crippen LogP contribution >= 0.6 is 0 Å². The Morgan fingerprint density at radius 2 is 1.55 bits per heavy atom. The molecule has 0 aliphatic carbocycles. The maximum Gasteiger partial charge on any atom is 0.232 e. The molecule has 1 N–H and O–H groups in total. The molecule has 1 aromatic heterocycles. The van der Waals surface area contributed by atoms with Gasteiger partial charge in [-0.3, -0.25) is 9.62 Å². The molecule has 2 fully saturated rings. The summed E-state index contributed by atoms with van der Waals surface area (Å²) in [5.41, 5.74) is 5.89. The van der Waals surface area contributed by atoms with Crippen LogP contribution in [0.1, 0.15) is 36.5 Å². The van der Waals surface area contributed by atoms with Crippen LogP contribution in [0.4, 0.5) is 11.5 Å². The Labute approximate surface area is 237 Å². The molecule has 3 heterocycles. The number of nitrogens with zero attached hydrogens (tertiary/aromatic N) is 4. The van der Waals surface area contributed by atoms with Crippen molar-refractivity contribution in [2.75, 3.05) is 41.6 Å². The summed E-state index contributed by atoms with van der Waals surface area (Å²) in [6.07, 6.45) is 6.10. The summed E-state index contributed by atoms with van der Waals surface area (Å²) in [6.45, 7) is 6.78. The van der Waals surface area contributed by atoms with Gasteiger partial charge in [0.2, 0.25) is 10.0 Å². The van der Waals surface area contributed by atoms with Gasteiger partial charge >= 0.3 is 0 Å². The average Bonchev–Trinajstić information content (AvgIpc) is 2.96. The summed E-state index contributed by atoms with van der Waals surface area (Å²) < 4.78 is 26.2. The summed E-state index contributed by atoms with van der Waals surface area (Å²) >= 11 is 0. The van der Waals surface area contributed by atoms with Gasteiger partial charge in [0, 0.05) is 36.1 Å². The van der Waals surface area contributed by atoms with Crippen LogP contribution in [0.15, 0.2) is 79.1 Å². The van der Waals surface area contributed by atoms with Crippen molar-refractivity contribution >= 4 is 32.4 Å². The number of aromatic nitrogens is 2. The number of sulfonamides is 1. The quantitative estimate of drug-likeness (QED) is 0.303. The van der Waals surface area contributed by atoms with Crippen molar-refractivity contribution in [2.24, 2.45) is 5.41 Å². The molecular formula is C32H37N5O2S. The molecule has 3 aromatic carbocycles. The molecule has 7 nitrogen and oxygen atoms in total. The first-order valence-corrected chi connectivity index (χ1v) is 15.9. The lowest BCUT2D eigenvalue weighted by Gasteiger charge is -2.54. The largest absolute Gasteiger partial charge is 0.355 e. The Bertz CT molecular complexity index is 1560. The number of rotatable bonds is 9. The van der Waals surface area contributed by atoms with Crippen LogP contribution in [-0.2, 0) is 29.4 Å². The highest BCUT2D eigenvalue weighted by Crippen LogP contribution is 2.43. The second-order valence-electron chi connectivity index (χ2n) is 11.4. The lowest BCUT2D eigenvalue weighted by atomic mass is 9.72. The van der Waals surface area contributed by atoms with E-state index in [2.05, 4.69) is 68.0 Å². The molecule has 0 unspecified atom stereocenters. The van der Waals surface area contributed by atoms with Crippen LogP contribution in [0.3, 0.4) is 0 Å². The van der Waals surface area contributed by atoms with E-state index in [9.17, 15) is 8.42 Å². The van der Waals surface area contributed by atoms with Crippen molar-refractivity contribution in [3.05, 3.63) is 95.8 Å². The van der Waals surface area contributed by atoms with Crippen LogP contribution < -0.4 is 9.62 Å². The van der Waals surface area contributed by atoms with Crippen molar-refractivity contribution in [3.63, 3.8) is 0 Å². The normalized spacial score (nSPS) is 17.2. The first-order valence-electron chi connectivity index (χ1n) is 14.2. The van der Waals surface area contributed by atoms with E-state index in [1.807, 2.05) is 24.3 Å². The van der Waals surface area contributed by atoms with Crippen LogP contribution in [0, 0.1) is 5.41 Å². The molecule has 2 aliphatic heterocycles. The van der Waals surface area contributed by atoms with Gasteiger partial charge in [-0.05, 0) is 86.7 Å². The van der Waals surface area contributed by atoms with Crippen LogP contribution in [0.2, 0.25) is 0 Å². The molecule has 2 saturated heterocycles. The Hall–Kier alpha value is -3.49. The molecule has 1 spiro atoms. The Morgan fingerprint density at radius 1 is 0.850 bits per heavy atom. The Kier molecular flexibility index (Phi) is 7.47. The van der Waals surface area contributed by atoms with E-state index in [-0.39, 0.29) is 5.75 Å². The SMILES string of the molecule is CCS(=O)(=O)Nc1ccc(CN2CCC3(CC2)CN(c2ncnc4ccc(CCc5ccccc5)cc24)C3)cc1. The Balaban J connectivity index is 1.04. The zero-order valence-electron chi connectivity index (χ0n) is 23.1. The van der Waals surface area contributed by atoms with E-state index in [4.69, 9.17) is 4.98 Å². The van der Waals surface area contributed by atoms with E-state index in [1.54, 1.807) is 13.3 Å². The monoisotopic (exact) mass is 555 g/mol. The zero-order valence-corrected chi connectivity index (χ0v) is 23.9. The number of anilines is 2. The molecule has 0 radical (unpaired) electrons. The lowest BCUT2D eigenvalue weighted by Crippen LogP contribution is -2.60. The van der Waals surface area contributed by atoms with Crippen molar-refractivity contribution < 1.29 is 8.42 Å². The van der Waals surface area contributed by atoms with E-state index < -0.39 is 10.0 Å². The Morgan fingerprint density at radius 3 is 2.27 bits per heavy atom. The predicted octanol–water partition coefficient (Wildman–Crippen LogP) is 5.28. The smallest absolute Gasteiger partial charge is 0.232 e. The van der Waals surface area contributed by atoms with E-state index in [0.29, 0.717) is 11.1 Å². The van der Waals surface area contributed by atoms with Gasteiger partial charge in [0.25, 0.3) is 0 Å². The summed E-state index contributed by atoms with van der Waals surface area (Å²) in [5.74, 6) is 1.14. The topological polar surface area (TPSA) is 78.4 Å². The third-order valence-electron chi connectivity index (χ3n) is 8.51. The molecule has 8 heteroatoms. The van der Waals surface area contributed by atoms with Gasteiger partial charge in [-0.1, -0.05) is 48.5 Å². The van der Waals surface area contributed by atoms with Gasteiger partial charge in [0.1, 0.15) is 12.1 Å². The summed E-state index contributed by atoms with van der Waals surface area (Å²) in [5, 5.41) is 1.16. The first-order chi connectivity index (χ1) is 19.4. The fraction of sp³-hybridized carbons (Fsp3) is 0.375. The second-order valence-corrected chi connectivity index (χ2v) is 13.4. The summed E-state index contributed by atoms with van der Waals surface area (Å²) in [4.78, 5) is 14.2. The molecule has 0 amide bonds. The number of aryl methyl sites for hydroxylation is 2. The summed E-state index contributed by atoms with van der Waals surface area (Å²) in [6, 6.07) is 25.0. The zero-order chi connectivity index (χ0) is 27.6. The highest BCUT2D eigenvalue weighted by Gasteiger charge is 2.45. The van der Waals surface area contributed by atoms with Crippen molar-refractivity contribution in [1.29, 1.82) is 0 Å². The maximum atomic E-state index is 11.8. The molecule has 40 heavy (non-hydrogen) atoms. The fourth-order valence-corrected chi connectivity index (χ4v) is 6.67. The number of hydrogen-bond acceptors (Lipinski definition) is 6. The number of piperidine rings is 1. The van der Waals surface area contributed by atoms with E-state index >= 15 is 0 Å². The van der Waals surface area contributed by atoms with Crippen molar-refractivity contribution in [3.8, 4) is 0 Å². The number of fused-ring (bicyclic) bond motifs is 1. The molecule has 4 aromatic rings. The van der Waals surface area contributed by atoms with Crippen LogP contribution in [-0.4, -0.2) is 55.2 Å². The number of likely N-dealkylation sites (tertiary alicyclic amines) is 1. The standard InChI is InChI=1S/C32H37N5O2S/c1-2-40(38,39)35-28-13-10-27(11-14-28)21-36-18-16-32(17-19-36)22-37(23-32)31-29-20-26(12-15-30(29)33-24-34-31)9-8-25-6-4-3-5-7-25/h3-7,10-15,20,24,35H,2,8-9,16-19,21-23H2,1H3. The van der Waals surface area contributed by atoms with Gasteiger partial charge < -0.3 is 4.90 Å². The first kappa shape index (κ1) is 26.7.